The summed E-state index contributed by atoms with van der Waals surface area (Å²) >= 11 is 7.48. The van der Waals surface area contributed by atoms with Gasteiger partial charge in [0.25, 0.3) is 5.91 Å². The van der Waals surface area contributed by atoms with E-state index in [4.69, 9.17) is 11.6 Å². The van der Waals surface area contributed by atoms with Crippen molar-refractivity contribution in [2.45, 2.75) is 57.3 Å². The number of thiazole rings is 1. The molecule has 8 heteroatoms. The summed E-state index contributed by atoms with van der Waals surface area (Å²) in [5, 5.41) is 6.18. The van der Waals surface area contributed by atoms with Crippen LogP contribution in [0.5, 0.6) is 0 Å². The minimum Gasteiger partial charge on any atom is -0.343 e. The number of carbonyl (C=O) groups excluding carboxylic acids is 2. The van der Waals surface area contributed by atoms with E-state index in [1.54, 1.807) is 35.7 Å². The quantitative estimate of drug-likeness (QED) is 0.337. The lowest BCUT2D eigenvalue weighted by atomic mass is 9.96. The Morgan fingerprint density at radius 1 is 1.05 bits per heavy atom. The number of hydrogen-bond acceptors (Lipinski definition) is 4. The zero-order valence-corrected chi connectivity index (χ0v) is 22.3. The van der Waals surface area contributed by atoms with E-state index in [1.165, 1.54) is 49.2 Å². The summed E-state index contributed by atoms with van der Waals surface area (Å²) < 4.78 is 14.0. The molecule has 1 aromatic heterocycles. The van der Waals surface area contributed by atoms with Crippen molar-refractivity contribution in [2.75, 3.05) is 18.4 Å². The summed E-state index contributed by atoms with van der Waals surface area (Å²) in [5.41, 5.74) is 2.18. The number of halogens is 2. The molecule has 2 fully saturated rings. The number of nitrogens with zero attached hydrogens (tertiary/aromatic N) is 2. The first-order valence-corrected chi connectivity index (χ1v) is 14.3. The first-order chi connectivity index (χ1) is 18.0. The molecule has 1 aliphatic heterocycles. The Balaban J connectivity index is 1.18. The maximum atomic E-state index is 14.0. The van der Waals surface area contributed by atoms with Gasteiger partial charge >= 0.3 is 0 Å². The molecule has 1 saturated heterocycles. The smallest absolute Gasteiger partial charge is 0.275 e. The van der Waals surface area contributed by atoms with E-state index in [1.807, 2.05) is 4.90 Å². The summed E-state index contributed by atoms with van der Waals surface area (Å²) in [6, 6.07) is 11.3. The van der Waals surface area contributed by atoms with Gasteiger partial charge < -0.3 is 10.2 Å². The molecule has 0 radical (unpaired) electrons. The van der Waals surface area contributed by atoms with Crippen LogP contribution in [0.15, 0.2) is 47.8 Å². The second-order valence-corrected chi connectivity index (χ2v) is 11.4. The zero-order valence-electron chi connectivity index (χ0n) is 20.7. The van der Waals surface area contributed by atoms with E-state index in [2.05, 4.69) is 10.3 Å². The van der Waals surface area contributed by atoms with E-state index >= 15 is 0 Å². The molecule has 1 aliphatic carbocycles. The third-order valence-corrected chi connectivity index (χ3v) is 8.84. The fourth-order valence-electron chi connectivity index (χ4n) is 5.42. The molecule has 2 aromatic carbocycles. The van der Waals surface area contributed by atoms with Crippen LogP contribution < -0.4 is 5.32 Å². The van der Waals surface area contributed by atoms with Gasteiger partial charge in [-0.3, -0.25) is 9.59 Å². The molecule has 5 nitrogen and oxygen atoms in total. The maximum Gasteiger partial charge on any atom is 0.275 e. The maximum absolute atomic E-state index is 14.0. The highest BCUT2D eigenvalue weighted by molar-refractivity contribution is 7.10. The summed E-state index contributed by atoms with van der Waals surface area (Å²) in [6.45, 7) is 1.49. The Bertz CT molecular complexity index is 1250. The number of carbonyl (C=O) groups is 2. The number of aromatic nitrogens is 1. The summed E-state index contributed by atoms with van der Waals surface area (Å²) in [5.74, 6) is 0.547. The molecule has 3 aromatic rings. The molecule has 0 unspecified atom stereocenters. The van der Waals surface area contributed by atoms with Gasteiger partial charge in [-0.2, -0.15) is 0 Å². The first kappa shape index (κ1) is 25.9. The molecule has 0 atom stereocenters. The molecule has 0 bridgehead atoms. The highest BCUT2D eigenvalue weighted by Gasteiger charge is 2.27. The van der Waals surface area contributed by atoms with Gasteiger partial charge in [0.2, 0.25) is 5.91 Å². The number of anilines is 1. The number of amides is 2. The molecule has 2 aliphatic rings. The van der Waals surface area contributed by atoms with Crippen LogP contribution in [0.2, 0.25) is 5.02 Å². The molecule has 1 saturated carbocycles. The number of likely N-dealkylation sites (tertiary alicyclic amines) is 1. The molecule has 2 amide bonds. The van der Waals surface area contributed by atoms with Crippen LogP contribution in [0.4, 0.5) is 10.1 Å². The number of rotatable bonds is 7. The SMILES string of the molecule is O=C(Nc1ccc(F)cc1-c1ccc(Cl)cc1)c1csc(C2CCN(C(=O)CCC3CCCC3)CC2)n1. The second-order valence-electron chi connectivity index (χ2n) is 10.1. The van der Waals surface area contributed by atoms with Crippen molar-refractivity contribution in [1.29, 1.82) is 0 Å². The monoisotopic (exact) mass is 539 g/mol. The summed E-state index contributed by atoms with van der Waals surface area (Å²) in [7, 11) is 0. The fourth-order valence-corrected chi connectivity index (χ4v) is 6.52. The molecule has 2 heterocycles. The van der Waals surface area contributed by atoms with Crippen molar-refractivity contribution in [3.8, 4) is 11.1 Å². The molecule has 37 heavy (non-hydrogen) atoms. The van der Waals surface area contributed by atoms with E-state index in [0.29, 0.717) is 28.4 Å². The van der Waals surface area contributed by atoms with Gasteiger partial charge in [0.1, 0.15) is 11.5 Å². The van der Waals surface area contributed by atoms with Gasteiger partial charge in [0.05, 0.1) is 5.01 Å². The highest BCUT2D eigenvalue weighted by atomic mass is 35.5. The van der Waals surface area contributed by atoms with Crippen molar-refractivity contribution in [2.24, 2.45) is 5.92 Å². The van der Waals surface area contributed by atoms with Crippen LogP contribution in [0, 0.1) is 11.7 Å². The lowest BCUT2D eigenvalue weighted by molar-refractivity contribution is -0.132. The van der Waals surface area contributed by atoms with Crippen LogP contribution in [-0.4, -0.2) is 34.8 Å². The number of benzene rings is 2. The predicted octanol–water partition coefficient (Wildman–Crippen LogP) is 7.53. The molecule has 5 rings (SSSR count). The molecule has 1 N–H and O–H groups in total. The van der Waals surface area contributed by atoms with Crippen molar-refractivity contribution < 1.29 is 14.0 Å². The van der Waals surface area contributed by atoms with E-state index in [-0.39, 0.29) is 23.5 Å². The fraction of sp³-hybridized carbons (Fsp3) is 0.414. The first-order valence-electron chi connectivity index (χ1n) is 13.1. The predicted molar refractivity (Wildman–Crippen MR) is 147 cm³/mol. The Hall–Kier alpha value is -2.77. The Morgan fingerprint density at radius 3 is 2.51 bits per heavy atom. The molecular formula is C29H31ClFN3O2S. The van der Waals surface area contributed by atoms with Gasteiger partial charge in [-0.1, -0.05) is 49.4 Å². The third-order valence-electron chi connectivity index (χ3n) is 7.58. The third kappa shape index (κ3) is 6.39. The largest absolute Gasteiger partial charge is 0.343 e. The van der Waals surface area contributed by atoms with Crippen LogP contribution in [0.25, 0.3) is 11.1 Å². The van der Waals surface area contributed by atoms with Gasteiger partial charge in [-0.05, 0) is 61.1 Å². The van der Waals surface area contributed by atoms with Gasteiger partial charge in [-0.15, -0.1) is 11.3 Å². The number of hydrogen-bond donors (Lipinski definition) is 1. The second kappa shape index (κ2) is 11.7. The van der Waals surface area contributed by atoms with Gasteiger partial charge in [0, 0.05) is 47.1 Å². The number of piperidine rings is 1. The van der Waals surface area contributed by atoms with Crippen LogP contribution in [0.1, 0.15) is 72.8 Å². The van der Waals surface area contributed by atoms with E-state index < -0.39 is 0 Å². The summed E-state index contributed by atoms with van der Waals surface area (Å²) in [6.07, 6.45) is 8.59. The van der Waals surface area contributed by atoms with Crippen LogP contribution >= 0.6 is 22.9 Å². The Labute approximate surface area is 226 Å². The summed E-state index contributed by atoms with van der Waals surface area (Å²) in [4.78, 5) is 32.3. The van der Waals surface area contributed by atoms with Crippen LogP contribution in [-0.2, 0) is 4.79 Å². The molecule has 194 valence electrons. The lowest BCUT2D eigenvalue weighted by Crippen LogP contribution is -2.38. The number of nitrogens with one attached hydrogen (secondary N) is 1. The van der Waals surface area contributed by atoms with E-state index in [9.17, 15) is 14.0 Å². The normalized spacial score (nSPS) is 16.8. The Kier molecular flexibility index (Phi) is 8.20. The Morgan fingerprint density at radius 2 is 1.78 bits per heavy atom. The van der Waals surface area contributed by atoms with Gasteiger partial charge in [0.15, 0.2) is 0 Å². The topological polar surface area (TPSA) is 62.3 Å². The van der Waals surface area contributed by atoms with Crippen molar-refractivity contribution >= 4 is 40.4 Å². The standard InChI is InChI=1S/C29H31ClFN3O2S/c30-22-8-6-20(7-9-22)24-17-23(31)10-11-25(24)32-28(36)26-18-37-29(33-26)21-13-15-34(16-14-21)27(35)12-5-19-3-1-2-4-19/h6-11,17-19,21H,1-5,12-16H2,(H,32,36). The highest BCUT2D eigenvalue weighted by Crippen LogP contribution is 2.33. The zero-order chi connectivity index (χ0) is 25.8. The average molecular weight is 540 g/mol. The minimum absolute atomic E-state index is 0.251. The van der Waals surface area contributed by atoms with Crippen molar-refractivity contribution in [3.63, 3.8) is 0 Å². The van der Waals surface area contributed by atoms with Crippen LogP contribution in [0.3, 0.4) is 0 Å². The van der Waals surface area contributed by atoms with Gasteiger partial charge in [-0.25, -0.2) is 9.37 Å². The lowest BCUT2D eigenvalue weighted by Gasteiger charge is -2.31. The van der Waals surface area contributed by atoms with Crippen molar-refractivity contribution in [1.82, 2.24) is 9.88 Å². The minimum atomic E-state index is -0.387. The van der Waals surface area contributed by atoms with Crippen molar-refractivity contribution in [3.05, 3.63) is 69.4 Å². The molecular weight excluding hydrogens is 509 g/mol. The average Bonchev–Trinajstić information content (AvgIpc) is 3.62. The van der Waals surface area contributed by atoms with E-state index in [0.717, 1.165) is 48.8 Å². The molecule has 0 spiro atoms.